The maximum absolute atomic E-state index is 12.1. The molecule has 0 aliphatic heterocycles. The zero-order valence-corrected chi connectivity index (χ0v) is 16.3. The molecule has 1 aromatic carbocycles. The van der Waals surface area contributed by atoms with E-state index in [4.69, 9.17) is 0 Å². The second-order valence-corrected chi connectivity index (χ2v) is 7.67. The monoisotopic (exact) mass is 366 g/mol. The largest absolute Gasteiger partial charge is 0.338 e. The molecule has 0 fully saturated rings. The van der Waals surface area contributed by atoms with Crippen molar-refractivity contribution in [2.75, 3.05) is 6.54 Å². The Morgan fingerprint density at radius 1 is 1.11 bits per heavy atom. The molecule has 0 radical (unpaired) electrons. The van der Waals surface area contributed by atoms with Crippen LogP contribution in [0.5, 0.6) is 0 Å². The van der Waals surface area contributed by atoms with Crippen molar-refractivity contribution in [1.82, 2.24) is 30.4 Å². The first-order valence-corrected chi connectivity index (χ1v) is 9.12. The fraction of sp³-hybridized carbons (Fsp3) is 0.400. The van der Waals surface area contributed by atoms with E-state index in [-0.39, 0.29) is 18.0 Å². The van der Waals surface area contributed by atoms with Crippen molar-refractivity contribution in [1.29, 1.82) is 0 Å². The first-order chi connectivity index (χ1) is 12.8. The van der Waals surface area contributed by atoms with Crippen molar-refractivity contribution < 1.29 is 4.79 Å². The molecule has 3 aromatic rings. The minimum atomic E-state index is -0.230. The van der Waals surface area contributed by atoms with Gasteiger partial charge in [0.1, 0.15) is 0 Å². The molecule has 27 heavy (non-hydrogen) atoms. The summed E-state index contributed by atoms with van der Waals surface area (Å²) in [6.45, 7) is 9.32. The second kappa shape index (κ2) is 7.73. The molecule has 2 N–H and O–H groups in total. The van der Waals surface area contributed by atoms with E-state index in [1.54, 1.807) is 4.52 Å². The molecule has 3 rings (SSSR count). The highest BCUT2D eigenvalue weighted by atomic mass is 16.2. The summed E-state index contributed by atoms with van der Waals surface area (Å²) in [5.41, 5.74) is 4.16. The molecule has 0 unspecified atom stereocenters. The number of rotatable bonds is 5. The molecule has 0 saturated heterocycles. The van der Waals surface area contributed by atoms with E-state index in [0.29, 0.717) is 18.0 Å². The van der Waals surface area contributed by atoms with Crippen LogP contribution in [0.3, 0.4) is 0 Å². The van der Waals surface area contributed by atoms with E-state index in [0.717, 1.165) is 12.1 Å². The summed E-state index contributed by atoms with van der Waals surface area (Å²) >= 11 is 0. The Bertz CT molecular complexity index is 941. The van der Waals surface area contributed by atoms with Crippen molar-refractivity contribution >= 4 is 11.7 Å². The van der Waals surface area contributed by atoms with Crippen molar-refractivity contribution in [3.8, 4) is 0 Å². The SMILES string of the molecule is Cc1ccc2nnc(CNC(=O)NCCc3cccc(C(C)(C)C)c3)n2n1. The lowest BCUT2D eigenvalue weighted by atomic mass is 9.86. The Hall–Kier alpha value is -2.96. The van der Waals surface area contributed by atoms with Crippen LogP contribution in [0.4, 0.5) is 4.79 Å². The molecule has 0 aliphatic rings. The average Bonchev–Trinajstić information content (AvgIpc) is 3.01. The molecule has 0 saturated carbocycles. The third kappa shape index (κ3) is 4.81. The fourth-order valence-corrected chi connectivity index (χ4v) is 2.77. The summed E-state index contributed by atoms with van der Waals surface area (Å²) in [4.78, 5) is 12.1. The Balaban J connectivity index is 1.49. The third-order valence-corrected chi connectivity index (χ3v) is 4.36. The summed E-state index contributed by atoms with van der Waals surface area (Å²) in [5, 5.41) is 18.2. The van der Waals surface area contributed by atoms with Crippen LogP contribution in [0.25, 0.3) is 5.65 Å². The topological polar surface area (TPSA) is 84.2 Å². The quantitative estimate of drug-likeness (QED) is 0.727. The molecule has 7 nitrogen and oxygen atoms in total. The second-order valence-electron chi connectivity index (χ2n) is 7.67. The normalized spacial score (nSPS) is 11.6. The van der Waals surface area contributed by atoms with Crippen LogP contribution in [-0.4, -0.2) is 32.4 Å². The summed E-state index contributed by atoms with van der Waals surface area (Å²) in [6.07, 6.45) is 0.784. The highest BCUT2D eigenvalue weighted by molar-refractivity contribution is 5.73. The molecule has 2 aromatic heterocycles. The van der Waals surface area contributed by atoms with Gasteiger partial charge < -0.3 is 10.6 Å². The number of hydrogen-bond donors (Lipinski definition) is 2. The molecule has 142 valence electrons. The van der Waals surface area contributed by atoms with Gasteiger partial charge in [-0.2, -0.15) is 9.61 Å². The predicted octanol–water partition coefficient (Wildman–Crippen LogP) is 2.77. The van der Waals surface area contributed by atoms with Crippen molar-refractivity contribution in [3.05, 3.63) is 59.0 Å². The number of benzene rings is 1. The van der Waals surface area contributed by atoms with Gasteiger partial charge in [0.05, 0.1) is 12.2 Å². The lowest BCUT2D eigenvalue weighted by molar-refractivity contribution is 0.240. The van der Waals surface area contributed by atoms with Gasteiger partial charge in [-0.05, 0) is 42.0 Å². The Morgan fingerprint density at radius 3 is 2.70 bits per heavy atom. The number of carbonyl (C=O) groups is 1. The molecular weight excluding hydrogens is 340 g/mol. The number of urea groups is 1. The van der Waals surface area contributed by atoms with Crippen molar-refractivity contribution in [2.45, 2.75) is 46.1 Å². The zero-order valence-electron chi connectivity index (χ0n) is 16.3. The number of aryl methyl sites for hydroxylation is 1. The molecule has 7 heteroatoms. The summed E-state index contributed by atoms with van der Waals surface area (Å²) in [6, 6.07) is 12.0. The number of nitrogens with one attached hydrogen (secondary N) is 2. The minimum Gasteiger partial charge on any atom is -0.338 e. The van der Waals surface area contributed by atoms with Gasteiger partial charge in [-0.1, -0.05) is 45.0 Å². The van der Waals surface area contributed by atoms with E-state index in [1.165, 1.54) is 11.1 Å². The Kier molecular flexibility index (Phi) is 5.39. The molecule has 2 amide bonds. The van der Waals surface area contributed by atoms with E-state index in [1.807, 2.05) is 19.1 Å². The number of nitrogens with zero attached hydrogens (tertiary/aromatic N) is 4. The lowest BCUT2D eigenvalue weighted by Gasteiger charge is -2.19. The Morgan fingerprint density at radius 2 is 1.93 bits per heavy atom. The van der Waals surface area contributed by atoms with Gasteiger partial charge in [0, 0.05) is 6.54 Å². The van der Waals surface area contributed by atoms with Crippen LogP contribution in [-0.2, 0) is 18.4 Å². The zero-order chi connectivity index (χ0) is 19.4. The molecule has 2 heterocycles. The fourth-order valence-electron chi connectivity index (χ4n) is 2.77. The van der Waals surface area contributed by atoms with Crippen LogP contribution < -0.4 is 10.6 Å². The lowest BCUT2D eigenvalue weighted by Crippen LogP contribution is -2.36. The highest BCUT2D eigenvalue weighted by Crippen LogP contribution is 2.22. The first-order valence-electron chi connectivity index (χ1n) is 9.12. The van der Waals surface area contributed by atoms with Gasteiger partial charge in [-0.25, -0.2) is 4.79 Å². The number of aromatic nitrogens is 4. The van der Waals surface area contributed by atoms with Crippen molar-refractivity contribution in [2.24, 2.45) is 0 Å². The smallest absolute Gasteiger partial charge is 0.315 e. The minimum absolute atomic E-state index is 0.119. The van der Waals surface area contributed by atoms with Gasteiger partial charge in [-0.15, -0.1) is 10.2 Å². The van der Waals surface area contributed by atoms with Gasteiger partial charge >= 0.3 is 6.03 Å². The number of amides is 2. The van der Waals surface area contributed by atoms with Crippen LogP contribution in [0.15, 0.2) is 36.4 Å². The summed E-state index contributed by atoms with van der Waals surface area (Å²) in [5.74, 6) is 0.599. The van der Waals surface area contributed by atoms with Gasteiger partial charge in [0.2, 0.25) is 0 Å². The van der Waals surface area contributed by atoms with Gasteiger partial charge in [0.15, 0.2) is 11.5 Å². The van der Waals surface area contributed by atoms with Crippen molar-refractivity contribution in [3.63, 3.8) is 0 Å². The molecule has 0 bridgehead atoms. The predicted molar refractivity (Wildman–Crippen MR) is 105 cm³/mol. The maximum Gasteiger partial charge on any atom is 0.315 e. The molecule has 0 atom stereocenters. The van der Waals surface area contributed by atoms with Crippen LogP contribution in [0.2, 0.25) is 0 Å². The molecule has 0 aliphatic carbocycles. The molecular formula is C20H26N6O. The van der Waals surface area contributed by atoms with Crippen LogP contribution >= 0.6 is 0 Å². The standard InChI is InChI=1S/C20H26N6O/c1-14-8-9-17-23-24-18(26(17)25-14)13-22-19(27)21-11-10-15-6-5-7-16(12-15)20(2,3)4/h5-9,12H,10-11,13H2,1-4H3,(H2,21,22,27). The third-order valence-electron chi connectivity index (χ3n) is 4.36. The van der Waals surface area contributed by atoms with E-state index >= 15 is 0 Å². The van der Waals surface area contributed by atoms with Crippen LogP contribution in [0.1, 0.15) is 43.4 Å². The Labute approximate surface area is 159 Å². The van der Waals surface area contributed by atoms with Crippen LogP contribution in [0, 0.1) is 6.92 Å². The average molecular weight is 366 g/mol. The molecule has 0 spiro atoms. The number of hydrogen-bond acceptors (Lipinski definition) is 4. The van der Waals surface area contributed by atoms with E-state index < -0.39 is 0 Å². The highest BCUT2D eigenvalue weighted by Gasteiger charge is 2.13. The van der Waals surface area contributed by atoms with Gasteiger partial charge in [0.25, 0.3) is 0 Å². The number of carbonyl (C=O) groups excluding carboxylic acids is 1. The number of fused-ring (bicyclic) bond motifs is 1. The summed E-state index contributed by atoms with van der Waals surface area (Å²) < 4.78 is 1.65. The summed E-state index contributed by atoms with van der Waals surface area (Å²) in [7, 11) is 0. The maximum atomic E-state index is 12.1. The van der Waals surface area contributed by atoms with Gasteiger partial charge in [-0.3, -0.25) is 0 Å². The van der Waals surface area contributed by atoms with E-state index in [2.05, 4.69) is 71.0 Å². The first kappa shape index (κ1) is 18.8. The van der Waals surface area contributed by atoms with E-state index in [9.17, 15) is 4.79 Å².